The maximum absolute atomic E-state index is 12.2. The smallest absolute Gasteiger partial charge is 0.223 e. The Balaban J connectivity index is 1.75. The van der Waals surface area contributed by atoms with E-state index in [1.54, 1.807) is 0 Å². The predicted octanol–water partition coefficient (Wildman–Crippen LogP) is 1.67. The quantitative estimate of drug-likeness (QED) is 0.812. The molecule has 1 aliphatic heterocycles. The summed E-state index contributed by atoms with van der Waals surface area (Å²) < 4.78 is 0. The molecule has 2 rings (SSSR count). The molecule has 5 heteroatoms. The highest BCUT2D eigenvalue weighted by molar-refractivity contribution is 5.78. The van der Waals surface area contributed by atoms with Crippen molar-refractivity contribution < 1.29 is 4.79 Å². The number of piperidine rings is 1. The summed E-state index contributed by atoms with van der Waals surface area (Å²) in [7, 11) is 4.11. The van der Waals surface area contributed by atoms with Crippen molar-refractivity contribution in [1.82, 2.24) is 15.2 Å². The number of amides is 1. The van der Waals surface area contributed by atoms with Crippen LogP contribution < -0.4 is 10.2 Å². The van der Waals surface area contributed by atoms with Crippen molar-refractivity contribution in [2.75, 3.05) is 45.2 Å². The number of hydrogen-bond acceptors (Lipinski definition) is 4. The van der Waals surface area contributed by atoms with Crippen molar-refractivity contribution in [1.29, 1.82) is 0 Å². The predicted molar refractivity (Wildman–Crippen MR) is 90.1 cm³/mol. The zero-order chi connectivity index (χ0) is 15.9. The molecule has 0 aliphatic carbocycles. The minimum absolute atomic E-state index is 0.152. The fraction of sp³-hybridized carbons (Fsp3) is 0.647. The van der Waals surface area contributed by atoms with E-state index in [4.69, 9.17) is 0 Å². The number of aromatic nitrogens is 1. The third-order valence-electron chi connectivity index (χ3n) is 4.23. The first-order valence-corrected chi connectivity index (χ1v) is 8.17. The summed E-state index contributed by atoms with van der Waals surface area (Å²) in [4.78, 5) is 21.1. The molecule has 0 atom stereocenters. The minimum atomic E-state index is 0.152. The van der Waals surface area contributed by atoms with E-state index in [0.29, 0.717) is 0 Å². The van der Waals surface area contributed by atoms with Gasteiger partial charge in [0, 0.05) is 31.7 Å². The zero-order valence-corrected chi connectivity index (χ0v) is 14.0. The molecule has 0 unspecified atom stereocenters. The largest absolute Gasteiger partial charge is 0.356 e. The molecule has 1 amide bonds. The van der Waals surface area contributed by atoms with Crippen molar-refractivity contribution in [3.63, 3.8) is 0 Å². The summed E-state index contributed by atoms with van der Waals surface area (Å²) in [6, 6.07) is 4.05. The monoisotopic (exact) mass is 304 g/mol. The minimum Gasteiger partial charge on any atom is -0.356 e. The maximum atomic E-state index is 12.2. The third-order valence-corrected chi connectivity index (χ3v) is 4.23. The molecule has 1 aromatic heterocycles. The van der Waals surface area contributed by atoms with E-state index in [2.05, 4.69) is 47.2 Å². The second-order valence-corrected chi connectivity index (χ2v) is 6.35. The number of nitrogens with zero attached hydrogens (tertiary/aromatic N) is 3. The summed E-state index contributed by atoms with van der Waals surface area (Å²) in [5, 5.41) is 3.07. The number of anilines is 1. The van der Waals surface area contributed by atoms with E-state index in [-0.39, 0.29) is 11.8 Å². The van der Waals surface area contributed by atoms with Gasteiger partial charge in [0.15, 0.2) is 0 Å². The van der Waals surface area contributed by atoms with Crippen LogP contribution >= 0.6 is 0 Å². The van der Waals surface area contributed by atoms with E-state index in [9.17, 15) is 4.79 Å². The first kappa shape index (κ1) is 16.7. The van der Waals surface area contributed by atoms with Gasteiger partial charge in [-0.05, 0) is 58.5 Å². The summed E-state index contributed by atoms with van der Waals surface area (Å²) in [6.45, 7) is 5.70. The highest BCUT2D eigenvalue weighted by Gasteiger charge is 2.25. The van der Waals surface area contributed by atoms with Gasteiger partial charge in [0.05, 0.1) is 0 Å². The number of aryl methyl sites for hydroxylation is 1. The Morgan fingerprint density at radius 3 is 2.77 bits per heavy atom. The summed E-state index contributed by atoms with van der Waals surface area (Å²) in [6.07, 6.45) is 4.67. The molecule has 5 nitrogen and oxygen atoms in total. The molecule has 1 N–H and O–H groups in total. The average Bonchev–Trinajstić information content (AvgIpc) is 2.52. The molecule has 2 heterocycles. The van der Waals surface area contributed by atoms with Crippen LogP contribution in [-0.4, -0.2) is 56.1 Å². The van der Waals surface area contributed by atoms with Gasteiger partial charge >= 0.3 is 0 Å². The number of carbonyl (C=O) groups is 1. The van der Waals surface area contributed by atoms with Gasteiger partial charge in [0.25, 0.3) is 0 Å². The van der Waals surface area contributed by atoms with Crippen molar-refractivity contribution >= 4 is 11.7 Å². The van der Waals surface area contributed by atoms with E-state index in [1.807, 2.05) is 12.3 Å². The topological polar surface area (TPSA) is 48.5 Å². The van der Waals surface area contributed by atoms with Crippen molar-refractivity contribution in [3.05, 3.63) is 23.9 Å². The van der Waals surface area contributed by atoms with Crippen LogP contribution in [0.5, 0.6) is 0 Å². The van der Waals surface area contributed by atoms with Gasteiger partial charge in [-0.2, -0.15) is 0 Å². The van der Waals surface area contributed by atoms with Gasteiger partial charge in [-0.1, -0.05) is 6.07 Å². The van der Waals surface area contributed by atoms with Gasteiger partial charge in [-0.25, -0.2) is 4.98 Å². The van der Waals surface area contributed by atoms with E-state index in [0.717, 1.165) is 51.3 Å². The number of hydrogen-bond donors (Lipinski definition) is 1. The molecular weight excluding hydrogens is 276 g/mol. The van der Waals surface area contributed by atoms with Crippen LogP contribution in [0, 0.1) is 12.8 Å². The second-order valence-electron chi connectivity index (χ2n) is 6.35. The molecular formula is C17H28N4O. The average molecular weight is 304 g/mol. The number of carbonyl (C=O) groups excluding carboxylic acids is 1. The lowest BCUT2D eigenvalue weighted by molar-refractivity contribution is -0.125. The van der Waals surface area contributed by atoms with Crippen LogP contribution in [0.1, 0.15) is 24.8 Å². The lowest BCUT2D eigenvalue weighted by Crippen LogP contribution is -2.41. The summed E-state index contributed by atoms with van der Waals surface area (Å²) >= 11 is 0. The molecule has 1 aliphatic rings. The Morgan fingerprint density at radius 2 is 2.14 bits per heavy atom. The highest BCUT2D eigenvalue weighted by Crippen LogP contribution is 2.24. The molecule has 1 fully saturated rings. The van der Waals surface area contributed by atoms with Crippen LogP contribution in [0.15, 0.2) is 18.3 Å². The molecule has 0 bridgehead atoms. The molecule has 1 saturated heterocycles. The first-order chi connectivity index (χ1) is 10.6. The molecule has 1 aromatic rings. The normalized spacial score (nSPS) is 16.1. The maximum Gasteiger partial charge on any atom is 0.223 e. The molecule has 0 saturated carbocycles. The lowest BCUT2D eigenvalue weighted by Gasteiger charge is -2.33. The van der Waals surface area contributed by atoms with E-state index in [1.165, 1.54) is 5.56 Å². The van der Waals surface area contributed by atoms with Gasteiger partial charge in [0.2, 0.25) is 5.91 Å². The number of rotatable bonds is 6. The molecule has 0 spiro atoms. The zero-order valence-electron chi connectivity index (χ0n) is 14.0. The van der Waals surface area contributed by atoms with Gasteiger partial charge in [-0.3, -0.25) is 4.79 Å². The SMILES string of the molecule is Cc1cccnc1N1CCC(C(=O)NCCCN(C)C)CC1. The lowest BCUT2D eigenvalue weighted by atomic mass is 9.95. The Labute approximate surface area is 133 Å². The second kappa shape index (κ2) is 8.13. The third kappa shape index (κ3) is 4.70. The highest BCUT2D eigenvalue weighted by atomic mass is 16.1. The van der Waals surface area contributed by atoms with Crippen molar-refractivity contribution in [2.24, 2.45) is 5.92 Å². The number of pyridine rings is 1. The van der Waals surface area contributed by atoms with Crippen LogP contribution in [-0.2, 0) is 4.79 Å². The van der Waals surface area contributed by atoms with Crippen molar-refractivity contribution in [3.8, 4) is 0 Å². The fourth-order valence-corrected chi connectivity index (χ4v) is 2.91. The van der Waals surface area contributed by atoms with Gasteiger partial charge in [-0.15, -0.1) is 0 Å². The van der Waals surface area contributed by atoms with Crippen LogP contribution in [0.2, 0.25) is 0 Å². The van der Waals surface area contributed by atoms with Gasteiger partial charge in [0.1, 0.15) is 5.82 Å². The standard InChI is InChI=1S/C17H28N4O/c1-14-6-4-9-18-16(14)21-12-7-15(8-13-21)17(22)19-10-5-11-20(2)3/h4,6,9,15H,5,7-8,10-13H2,1-3H3,(H,19,22). The Bertz CT molecular complexity index is 481. The Morgan fingerprint density at radius 1 is 1.41 bits per heavy atom. The van der Waals surface area contributed by atoms with Crippen LogP contribution in [0.3, 0.4) is 0 Å². The van der Waals surface area contributed by atoms with Crippen LogP contribution in [0.25, 0.3) is 0 Å². The molecule has 22 heavy (non-hydrogen) atoms. The van der Waals surface area contributed by atoms with Crippen LogP contribution in [0.4, 0.5) is 5.82 Å². The fourth-order valence-electron chi connectivity index (χ4n) is 2.91. The Kier molecular flexibility index (Phi) is 6.19. The molecule has 0 aromatic carbocycles. The summed E-state index contributed by atoms with van der Waals surface area (Å²) in [5.41, 5.74) is 1.20. The van der Waals surface area contributed by atoms with E-state index < -0.39 is 0 Å². The first-order valence-electron chi connectivity index (χ1n) is 8.17. The van der Waals surface area contributed by atoms with E-state index >= 15 is 0 Å². The van der Waals surface area contributed by atoms with Gasteiger partial charge < -0.3 is 15.1 Å². The van der Waals surface area contributed by atoms with Crippen molar-refractivity contribution in [2.45, 2.75) is 26.2 Å². The summed E-state index contributed by atoms with van der Waals surface area (Å²) in [5.74, 6) is 1.43. The number of nitrogens with one attached hydrogen (secondary N) is 1. The Hall–Kier alpha value is -1.62. The molecule has 122 valence electrons. The molecule has 0 radical (unpaired) electrons.